The highest BCUT2D eigenvalue weighted by atomic mass is 19.4. The number of hydrogen-bond donors (Lipinski definition) is 2. The number of likely N-dealkylation sites (N-methyl/N-ethyl adjacent to an activating group) is 1. The maximum absolute atomic E-state index is 13.9. The van der Waals surface area contributed by atoms with E-state index in [1.165, 1.54) is 6.07 Å². The Morgan fingerprint density at radius 3 is 2.57 bits per heavy atom. The zero-order valence-electron chi connectivity index (χ0n) is 17.7. The van der Waals surface area contributed by atoms with Crippen molar-refractivity contribution in [1.82, 2.24) is 15.5 Å². The molecule has 1 aromatic rings. The van der Waals surface area contributed by atoms with Crippen LogP contribution in [0.2, 0.25) is 0 Å². The molecule has 0 spiro atoms. The Morgan fingerprint density at radius 1 is 1.23 bits per heavy atom. The molecule has 168 valence electrons. The van der Waals surface area contributed by atoms with Crippen LogP contribution in [0.15, 0.2) is 18.2 Å². The molecule has 1 aliphatic heterocycles. The van der Waals surface area contributed by atoms with Crippen LogP contribution in [0.1, 0.15) is 44.2 Å². The lowest BCUT2D eigenvalue weighted by molar-refractivity contribution is -0.140. The van der Waals surface area contributed by atoms with Crippen LogP contribution in [-0.2, 0) is 17.5 Å². The van der Waals surface area contributed by atoms with Crippen LogP contribution in [0.3, 0.4) is 0 Å². The first-order chi connectivity index (χ1) is 14.1. The van der Waals surface area contributed by atoms with Crippen molar-refractivity contribution in [3.05, 3.63) is 35.1 Å². The number of carbonyl (C=O) groups excluding carboxylic acids is 1. The minimum absolute atomic E-state index is 0.0279. The molecule has 4 atom stereocenters. The molecule has 1 aliphatic carbocycles. The number of amides is 1. The fourth-order valence-electron chi connectivity index (χ4n) is 4.92. The van der Waals surface area contributed by atoms with Crippen molar-refractivity contribution in [2.45, 2.75) is 57.9 Å². The molecule has 2 aliphatic rings. The standard InChI is InChI=1S/C22H31F4N3O/c1-13(2)8-20(27-3)21(30)28-19-7-5-15-11-29(12-16(15)19)10-14-4-6-17(18(23)9-14)22(24,25)26/h4,6,9,13,15-16,19-20,27H,5,7-8,10-12H2,1-3H3,(H,28,30)/t15-,16+,19+,20-/m0/s1. The molecule has 0 radical (unpaired) electrons. The van der Waals surface area contributed by atoms with Crippen molar-refractivity contribution in [2.24, 2.45) is 17.8 Å². The minimum Gasteiger partial charge on any atom is -0.352 e. The van der Waals surface area contributed by atoms with Gasteiger partial charge in [-0.2, -0.15) is 13.2 Å². The average molecular weight is 430 g/mol. The van der Waals surface area contributed by atoms with Gasteiger partial charge in [0, 0.05) is 25.7 Å². The van der Waals surface area contributed by atoms with Crippen LogP contribution in [0.5, 0.6) is 0 Å². The predicted molar refractivity (Wildman–Crippen MR) is 107 cm³/mol. The summed E-state index contributed by atoms with van der Waals surface area (Å²) in [5.41, 5.74) is -0.693. The predicted octanol–water partition coefficient (Wildman–Crippen LogP) is 3.81. The Morgan fingerprint density at radius 2 is 1.97 bits per heavy atom. The van der Waals surface area contributed by atoms with Gasteiger partial charge in [-0.25, -0.2) is 4.39 Å². The third-order valence-electron chi connectivity index (χ3n) is 6.38. The van der Waals surface area contributed by atoms with Gasteiger partial charge in [-0.05, 0) is 61.8 Å². The molecule has 2 fully saturated rings. The highest BCUT2D eigenvalue weighted by molar-refractivity contribution is 5.82. The van der Waals surface area contributed by atoms with Gasteiger partial charge in [-0.15, -0.1) is 0 Å². The lowest BCUT2D eigenvalue weighted by Gasteiger charge is -2.25. The van der Waals surface area contributed by atoms with E-state index in [9.17, 15) is 22.4 Å². The van der Waals surface area contributed by atoms with Gasteiger partial charge in [0.15, 0.2) is 0 Å². The number of nitrogens with zero attached hydrogens (tertiary/aromatic N) is 1. The molecule has 30 heavy (non-hydrogen) atoms. The number of benzene rings is 1. The lowest BCUT2D eigenvalue weighted by atomic mass is 9.97. The van der Waals surface area contributed by atoms with E-state index in [-0.39, 0.29) is 18.0 Å². The van der Waals surface area contributed by atoms with Gasteiger partial charge in [0.1, 0.15) is 5.82 Å². The number of hydrogen-bond acceptors (Lipinski definition) is 3. The van der Waals surface area contributed by atoms with E-state index in [0.29, 0.717) is 29.9 Å². The molecule has 4 nitrogen and oxygen atoms in total. The highest BCUT2D eigenvalue weighted by Crippen LogP contribution is 2.39. The minimum atomic E-state index is -4.68. The van der Waals surface area contributed by atoms with E-state index < -0.39 is 17.6 Å². The number of rotatable bonds is 7. The van der Waals surface area contributed by atoms with Crippen molar-refractivity contribution in [3.8, 4) is 0 Å². The summed E-state index contributed by atoms with van der Waals surface area (Å²) in [5, 5.41) is 6.30. The van der Waals surface area contributed by atoms with Crippen LogP contribution in [0.25, 0.3) is 0 Å². The Hall–Kier alpha value is -1.67. The Bertz CT molecular complexity index is 752. The van der Waals surface area contributed by atoms with E-state index in [4.69, 9.17) is 0 Å². The van der Waals surface area contributed by atoms with Crippen molar-refractivity contribution in [3.63, 3.8) is 0 Å². The molecule has 0 aromatic heterocycles. The molecule has 2 N–H and O–H groups in total. The van der Waals surface area contributed by atoms with Crippen LogP contribution in [0.4, 0.5) is 17.6 Å². The second-order valence-electron chi connectivity index (χ2n) is 9.09. The Kier molecular flexibility index (Phi) is 7.07. The molecule has 8 heteroatoms. The summed E-state index contributed by atoms with van der Waals surface area (Å²) in [4.78, 5) is 14.8. The van der Waals surface area contributed by atoms with Gasteiger partial charge in [0.2, 0.25) is 5.91 Å². The van der Waals surface area contributed by atoms with Crippen LogP contribution in [-0.4, -0.2) is 43.0 Å². The van der Waals surface area contributed by atoms with Gasteiger partial charge in [-0.1, -0.05) is 19.9 Å². The van der Waals surface area contributed by atoms with E-state index in [1.807, 2.05) is 0 Å². The van der Waals surface area contributed by atoms with Gasteiger partial charge in [0.25, 0.3) is 0 Å². The summed E-state index contributed by atoms with van der Waals surface area (Å²) in [6, 6.07) is 3.05. The second-order valence-corrected chi connectivity index (χ2v) is 9.09. The van der Waals surface area contributed by atoms with Crippen LogP contribution < -0.4 is 10.6 Å². The van der Waals surface area contributed by atoms with Crippen molar-refractivity contribution in [1.29, 1.82) is 0 Å². The molecule has 0 bridgehead atoms. The molecule has 1 saturated carbocycles. The number of fused-ring (bicyclic) bond motifs is 1. The fourth-order valence-corrected chi connectivity index (χ4v) is 4.92. The van der Waals surface area contributed by atoms with Gasteiger partial charge in [-0.3, -0.25) is 9.69 Å². The number of likely N-dealkylation sites (tertiary alicyclic amines) is 1. The van der Waals surface area contributed by atoms with E-state index in [0.717, 1.165) is 44.5 Å². The average Bonchev–Trinajstić information content (AvgIpc) is 3.19. The first-order valence-corrected chi connectivity index (χ1v) is 10.6. The van der Waals surface area contributed by atoms with Crippen molar-refractivity contribution in [2.75, 3.05) is 20.1 Å². The maximum Gasteiger partial charge on any atom is 0.419 e. The highest BCUT2D eigenvalue weighted by Gasteiger charge is 2.43. The summed E-state index contributed by atoms with van der Waals surface area (Å²) < 4.78 is 52.1. The molecular formula is C22H31F4N3O. The van der Waals surface area contributed by atoms with Gasteiger partial charge < -0.3 is 10.6 Å². The maximum atomic E-state index is 13.9. The first-order valence-electron chi connectivity index (χ1n) is 10.6. The number of nitrogens with one attached hydrogen (secondary N) is 2. The second kappa shape index (κ2) is 9.22. The Labute approximate surface area is 175 Å². The molecule has 1 heterocycles. The quantitative estimate of drug-likeness (QED) is 0.648. The van der Waals surface area contributed by atoms with Gasteiger partial charge >= 0.3 is 6.18 Å². The van der Waals surface area contributed by atoms with Crippen LogP contribution in [0, 0.1) is 23.6 Å². The van der Waals surface area contributed by atoms with E-state index >= 15 is 0 Å². The summed E-state index contributed by atoms with van der Waals surface area (Å²) in [7, 11) is 1.80. The third kappa shape index (κ3) is 5.32. The van der Waals surface area contributed by atoms with Crippen molar-refractivity contribution < 1.29 is 22.4 Å². The SMILES string of the molecule is CN[C@@H](CC(C)C)C(=O)N[C@@H]1CC[C@H]2CN(Cc3ccc(C(F)(F)F)c(F)c3)C[C@H]21. The van der Waals surface area contributed by atoms with E-state index in [2.05, 4.69) is 29.4 Å². The van der Waals surface area contributed by atoms with E-state index in [1.54, 1.807) is 7.05 Å². The summed E-state index contributed by atoms with van der Waals surface area (Å²) in [6.45, 7) is 6.16. The zero-order valence-corrected chi connectivity index (χ0v) is 17.7. The number of alkyl halides is 3. The first kappa shape index (κ1) is 23.0. The molecule has 1 aromatic carbocycles. The molecule has 1 amide bonds. The molecular weight excluding hydrogens is 398 g/mol. The smallest absolute Gasteiger partial charge is 0.352 e. The molecule has 1 saturated heterocycles. The number of carbonyl (C=O) groups is 1. The van der Waals surface area contributed by atoms with Crippen LogP contribution >= 0.6 is 0 Å². The normalized spacial score (nSPS) is 25.5. The van der Waals surface area contributed by atoms with Gasteiger partial charge in [0.05, 0.1) is 11.6 Å². The topological polar surface area (TPSA) is 44.4 Å². The van der Waals surface area contributed by atoms with Crippen molar-refractivity contribution >= 4 is 5.91 Å². The third-order valence-corrected chi connectivity index (χ3v) is 6.38. The fraction of sp³-hybridized carbons (Fsp3) is 0.682. The lowest BCUT2D eigenvalue weighted by Crippen LogP contribution is -2.49. The monoisotopic (exact) mass is 429 g/mol. The molecule has 0 unspecified atom stereocenters. The zero-order chi connectivity index (χ0) is 22.1. The molecule has 3 rings (SSSR count). The summed E-state index contributed by atoms with van der Waals surface area (Å²) in [5.74, 6) is -0.0129. The number of halogens is 4. The summed E-state index contributed by atoms with van der Waals surface area (Å²) >= 11 is 0. The Balaban J connectivity index is 1.58. The largest absolute Gasteiger partial charge is 0.419 e. The summed E-state index contributed by atoms with van der Waals surface area (Å²) in [6.07, 6.45) is -1.95.